The molecule has 1 unspecified atom stereocenters. The van der Waals surface area contributed by atoms with Crippen LogP contribution < -0.4 is 15.8 Å². The van der Waals surface area contributed by atoms with Crippen molar-refractivity contribution in [1.29, 1.82) is 0 Å². The second-order valence-corrected chi connectivity index (χ2v) is 5.93. The third kappa shape index (κ3) is 4.30. The molecule has 1 atom stereocenters. The molecule has 0 saturated carbocycles. The van der Waals surface area contributed by atoms with Crippen LogP contribution in [-0.2, 0) is 0 Å². The van der Waals surface area contributed by atoms with Gasteiger partial charge in [-0.2, -0.15) is 0 Å². The van der Waals surface area contributed by atoms with Crippen LogP contribution in [0.4, 0.5) is 11.4 Å². The fraction of sp³-hybridized carbons (Fsp3) is 0.625. The quantitative estimate of drug-likeness (QED) is 0.785. The van der Waals surface area contributed by atoms with E-state index in [1.54, 1.807) is 0 Å². The normalized spacial score (nSPS) is 17.4. The zero-order valence-corrected chi connectivity index (χ0v) is 12.9. The Morgan fingerprint density at radius 3 is 2.55 bits per heavy atom. The van der Waals surface area contributed by atoms with Gasteiger partial charge in [0.25, 0.3) is 0 Å². The number of rotatable bonds is 6. The van der Waals surface area contributed by atoms with Crippen LogP contribution in [0.5, 0.6) is 5.75 Å². The van der Waals surface area contributed by atoms with Crippen LogP contribution in [0.25, 0.3) is 0 Å². The molecule has 4 nitrogen and oxygen atoms in total. The summed E-state index contributed by atoms with van der Waals surface area (Å²) >= 11 is 0. The molecular weight excluding hydrogens is 250 g/mol. The van der Waals surface area contributed by atoms with E-state index in [9.17, 15) is 0 Å². The van der Waals surface area contributed by atoms with Crippen molar-refractivity contribution < 1.29 is 4.74 Å². The number of ether oxygens (including phenoxy) is 1. The first-order valence-electron chi connectivity index (χ1n) is 7.60. The van der Waals surface area contributed by atoms with Crippen molar-refractivity contribution in [2.75, 3.05) is 30.7 Å². The van der Waals surface area contributed by atoms with Crippen LogP contribution in [0.1, 0.15) is 33.6 Å². The van der Waals surface area contributed by atoms with Gasteiger partial charge < -0.3 is 15.8 Å². The van der Waals surface area contributed by atoms with Gasteiger partial charge in [0.15, 0.2) is 0 Å². The van der Waals surface area contributed by atoms with Crippen molar-refractivity contribution >= 4 is 11.4 Å². The Hall–Kier alpha value is -1.42. The van der Waals surface area contributed by atoms with Gasteiger partial charge in [-0.1, -0.05) is 0 Å². The van der Waals surface area contributed by atoms with Gasteiger partial charge in [-0.25, -0.2) is 0 Å². The van der Waals surface area contributed by atoms with E-state index in [0.717, 1.165) is 23.7 Å². The van der Waals surface area contributed by atoms with Gasteiger partial charge >= 0.3 is 0 Å². The van der Waals surface area contributed by atoms with Crippen molar-refractivity contribution in [3.05, 3.63) is 18.2 Å². The molecule has 2 rings (SSSR count). The maximum absolute atomic E-state index is 5.93. The van der Waals surface area contributed by atoms with Crippen molar-refractivity contribution in [1.82, 2.24) is 4.90 Å². The molecule has 4 heteroatoms. The van der Waals surface area contributed by atoms with E-state index in [0.29, 0.717) is 6.04 Å². The lowest BCUT2D eigenvalue weighted by Crippen LogP contribution is -2.35. The molecule has 1 aliphatic rings. The Balaban J connectivity index is 1.92. The maximum atomic E-state index is 5.93. The fourth-order valence-corrected chi connectivity index (χ4v) is 2.64. The summed E-state index contributed by atoms with van der Waals surface area (Å²) in [7, 11) is 0. The summed E-state index contributed by atoms with van der Waals surface area (Å²) in [6.07, 6.45) is 2.82. The van der Waals surface area contributed by atoms with Crippen molar-refractivity contribution in [2.24, 2.45) is 0 Å². The molecule has 1 aromatic rings. The van der Waals surface area contributed by atoms with E-state index < -0.39 is 0 Å². The molecule has 1 aromatic carbocycles. The number of nitrogen functional groups attached to an aromatic ring is 1. The SMILES string of the molecule is CC(C)Oc1cc(N)cc(NCC(C)N2CCCC2)c1. The molecule has 1 heterocycles. The fourth-order valence-electron chi connectivity index (χ4n) is 2.64. The Kier molecular flexibility index (Phi) is 5.12. The third-order valence-corrected chi connectivity index (χ3v) is 3.67. The lowest BCUT2D eigenvalue weighted by molar-refractivity contribution is 0.242. The van der Waals surface area contributed by atoms with E-state index in [-0.39, 0.29) is 6.10 Å². The molecular formula is C16H27N3O. The highest BCUT2D eigenvalue weighted by atomic mass is 16.5. The zero-order chi connectivity index (χ0) is 14.5. The van der Waals surface area contributed by atoms with Crippen molar-refractivity contribution in [2.45, 2.75) is 45.8 Å². The largest absolute Gasteiger partial charge is 0.491 e. The highest BCUT2D eigenvalue weighted by molar-refractivity contribution is 5.59. The van der Waals surface area contributed by atoms with Crippen LogP contribution in [0.15, 0.2) is 18.2 Å². The minimum absolute atomic E-state index is 0.160. The topological polar surface area (TPSA) is 50.5 Å². The highest BCUT2D eigenvalue weighted by Crippen LogP contribution is 2.24. The minimum Gasteiger partial charge on any atom is -0.491 e. The molecule has 0 radical (unpaired) electrons. The highest BCUT2D eigenvalue weighted by Gasteiger charge is 2.17. The van der Waals surface area contributed by atoms with Crippen molar-refractivity contribution in [3.8, 4) is 5.75 Å². The summed E-state index contributed by atoms with van der Waals surface area (Å²) in [4.78, 5) is 2.53. The van der Waals surface area contributed by atoms with Crippen LogP contribution in [0.2, 0.25) is 0 Å². The number of anilines is 2. The van der Waals surface area contributed by atoms with E-state index in [1.165, 1.54) is 25.9 Å². The lowest BCUT2D eigenvalue weighted by atomic mass is 10.2. The van der Waals surface area contributed by atoms with Crippen LogP contribution in [0, 0.1) is 0 Å². The van der Waals surface area contributed by atoms with Crippen LogP contribution in [-0.4, -0.2) is 36.7 Å². The molecule has 0 amide bonds. The third-order valence-electron chi connectivity index (χ3n) is 3.67. The average molecular weight is 277 g/mol. The number of nitrogens with two attached hydrogens (primary N) is 1. The van der Waals surface area contributed by atoms with Gasteiger partial charge in [-0.3, -0.25) is 4.90 Å². The maximum Gasteiger partial charge on any atom is 0.123 e. The van der Waals surface area contributed by atoms with Gasteiger partial charge in [0, 0.05) is 36.1 Å². The summed E-state index contributed by atoms with van der Waals surface area (Å²) in [6.45, 7) is 9.70. The van der Waals surface area contributed by atoms with Gasteiger partial charge in [0.1, 0.15) is 5.75 Å². The smallest absolute Gasteiger partial charge is 0.123 e. The summed E-state index contributed by atoms with van der Waals surface area (Å²) in [6, 6.07) is 6.40. The van der Waals surface area contributed by atoms with Crippen LogP contribution in [0.3, 0.4) is 0 Å². The second-order valence-electron chi connectivity index (χ2n) is 5.93. The molecule has 0 aromatic heterocycles. The average Bonchev–Trinajstić information content (AvgIpc) is 2.88. The molecule has 20 heavy (non-hydrogen) atoms. The Bertz CT molecular complexity index is 428. The summed E-state index contributed by atoms with van der Waals surface area (Å²) in [5, 5.41) is 3.47. The predicted molar refractivity (Wildman–Crippen MR) is 85.4 cm³/mol. The van der Waals surface area contributed by atoms with Crippen molar-refractivity contribution in [3.63, 3.8) is 0 Å². The number of hydrogen-bond donors (Lipinski definition) is 2. The number of nitrogens with zero attached hydrogens (tertiary/aromatic N) is 1. The summed E-state index contributed by atoms with van der Waals surface area (Å²) in [5.74, 6) is 0.830. The standard InChI is InChI=1S/C16H27N3O/c1-12(2)20-16-9-14(17)8-15(10-16)18-11-13(3)19-6-4-5-7-19/h8-10,12-13,18H,4-7,11,17H2,1-3H3. The first-order valence-corrected chi connectivity index (χ1v) is 7.60. The van der Waals surface area contributed by atoms with Gasteiger partial charge in [0.2, 0.25) is 0 Å². The van der Waals surface area contributed by atoms with Crippen LogP contribution >= 0.6 is 0 Å². The van der Waals surface area contributed by atoms with E-state index >= 15 is 0 Å². The number of benzene rings is 1. The number of likely N-dealkylation sites (tertiary alicyclic amines) is 1. The molecule has 3 N–H and O–H groups in total. The minimum atomic E-state index is 0.160. The van der Waals surface area contributed by atoms with E-state index in [1.807, 2.05) is 32.0 Å². The Morgan fingerprint density at radius 2 is 1.90 bits per heavy atom. The van der Waals surface area contributed by atoms with Gasteiger partial charge in [-0.05, 0) is 52.8 Å². The van der Waals surface area contributed by atoms with Gasteiger partial charge in [-0.15, -0.1) is 0 Å². The first-order chi connectivity index (χ1) is 9.54. The first kappa shape index (κ1) is 15.0. The monoisotopic (exact) mass is 277 g/mol. The molecule has 0 spiro atoms. The molecule has 1 fully saturated rings. The molecule has 112 valence electrons. The molecule has 1 aliphatic heterocycles. The summed E-state index contributed by atoms with van der Waals surface area (Å²) in [5.41, 5.74) is 7.70. The Labute approximate surface area is 122 Å². The zero-order valence-electron chi connectivity index (χ0n) is 12.9. The second kappa shape index (κ2) is 6.84. The summed E-state index contributed by atoms with van der Waals surface area (Å²) < 4.78 is 5.71. The Morgan fingerprint density at radius 1 is 1.20 bits per heavy atom. The molecule has 0 aliphatic carbocycles. The van der Waals surface area contributed by atoms with E-state index in [4.69, 9.17) is 10.5 Å². The molecule has 0 bridgehead atoms. The predicted octanol–water partition coefficient (Wildman–Crippen LogP) is 2.95. The van der Waals surface area contributed by atoms with Gasteiger partial charge in [0.05, 0.1) is 6.10 Å². The number of hydrogen-bond acceptors (Lipinski definition) is 4. The van der Waals surface area contributed by atoms with E-state index in [2.05, 4.69) is 17.1 Å². The lowest BCUT2D eigenvalue weighted by Gasteiger charge is -2.24. The molecule has 1 saturated heterocycles. The number of nitrogens with one attached hydrogen (secondary N) is 1.